The standard InChI is InChI=1S/C15H20N2O3/c1-10-3-5-13(6-4-10)17(9-14(18)19)15(20)16-8-12-7-11(12)2/h3-6,11-12H,7-9H2,1-2H3,(H,16,20)(H,18,19). The molecule has 2 atom stereocenters. The summed E-state index contributed by atoms with van der Waals surface area (Å²) in [6.07, 6.45) is 1.13. The number of carboxylic acid groups (broad SMARTS) is 1. The molecule has 108 valence electrons. The normalized spacial score (nSPS) is 20.3. The number of benzene rings is 1. The van der Waals surface area contributed by atoms with E-state index in [1.165, 1.54) is 4.90 Å². The van der Waals surface area contributed by atoms with Gasteiger partial charge in [-0.3, -0.25) is 9.69 Å². The summed E-state index contributed by atoms with van der Waals surface area (Å²) in [4.78, 5) is 24.3. The van der Waals surface area contributed by atoms with Crippen molar-refractivity contribution in [1.29, 1.82) is 0 Å². The van der Waals surface area contributed by atoms with Gasteiger partial charge in [-0.05, 0) is 37.3 Å². The average molecular weight is 276 g/mol. The highest BCUT2D eigenvalue weighted by molar-refractivity contribution is 5.96. The average Bonchev–Trinajstić information content (AvgIpc) is 3.10. The van der Waals surface area contributed by atoms with Crippen molar-refractivity contribution in [3.8, 4) is 0 Å². The van der Waals surface area contributed by atoms with Crippen LogP contribution in [0.4, 0.5) is 10.5 Å². The summed E-state index contributed by atoms with van der Waals surface area (Å²) in [6.45, 7) is 4.36. The highest BCUT2D eigenvalue weighted by atomic mass is 16.4. The number of amides is 2. The molecule has 2 rings (SSSR count). The zero-order chi connectivity index (χ0) is 14.7. The fourth-order valence-electron chi connectivity index (χ4n) is 2.14. The number of nitrogens with one attached hydrogen (secondary N) is 1. The Kier molecular flexibility index (Phi) is 4.27. The monoisotopic (exact) mass is 276 g/mol. The van der Waals surface area contributed by atoms with Gasteiger partial charge in [-0.15, -0.1) is 0 Å². The molecule has 5 heteroatoms. The van der Waals surface area contributed by atoms with Crippen molar-refractivity contribution in [2.45, 2.75) is 20.3 Å². The number of hydrogen-bond donors (Lipinski definition) is 2. The molecule has 0 spiro atoms. The molecule has 2 amide bonds. The Morgan fingerprint density at radius 2 is 1.95 bits per heavy atom. The molecule has 0 aromatic heterocycles. The van der Waals surface area contributed by atoms with E-state index in [2.05, 4.69) is 12.2 Å². The lowest BCUT2D eigenvalue weighted by atomic mass is 10.2. The van der Waals surface area contributed by atoms with E-state index in [9.17, 15) is 9.59 Å². The van der Waals surface area contributed by atoms with E-state index < -0.39 is 5.97 Å². The van der Waals surface area contributed by atoms with Gasteiger partial charge in [0, 0.05) is 12.2 Å². The molecule has 0 radical (unpaired) electrons. The molecule has 2 N–H and O–H groups in total. The molecular weight excluding hydrogens is 256 g/mol. The third-order valence-electron chi connectivity index (χ3n) is 3.68. The largest absolute Gasteiger partial charge is 0.480 e. The van der Waals surface area contributed by atoms with Gasteiger partial charge in [-0.2, -0.15) is 0 Å². The van der Waals surface area contributed by atoms with Crippen LogP contribution in [0.15, 0.2) is 24.3 Å². The summed E-state index contributed by atoms with van der Waals surface area (Å²) in [5.74, 6) is 0.159. The molecule has 1 aromatic carbocycles. The van der Waals surface area contributed by atoms with Crippen molar-refractivity contribution < 1.29 is 14.7 Å². The number of anilines is 1. The molecule has 1 aliphatic carbocycles. The Morgan fingerprint density at radius 1 is 1.35 bits per heavy atom. The van der Waals surface area contributed by atoms with Crippen LogP contribution in [0, 0.1) is 18.8 Å². The summed E-state index contributed by atoms with van der Waals surface area (Å²) < 4.78 is 0. The minimum Gasteiger partial charge on any atom is -0.480 e. The molecule has 0 heterocycles. The third-order valence-corrected chi connectivity index (χ3v) is 3.68. The van der Waals surface area contributed by atoms with Gasteiger partial charge in [-0.1, -0.05) is 24.6 Å². The van der Waals surface area contributed by atoms with Crippen LogP contribution in [0.2, 0.25) is 0 Å². The number of hydrogen-bond acceptors (Lipinski definition) is 2. The second-order valence-corrected chi connectivity index (χ2v) is 5.47. The van der Waals surface area contributed by atoms with Crippen molar-refractivity contribution >= 4 is 17.7 Å². The molecule has 0 aliphatic heterocycles. The molecule has 5 nitrogen and oxygen atoms in total. The summed E-state index contributed by atoms with van der Waals surface area (Å²) >= 11 is 0. The summed E-state index contributed by atoms with van der Waals surface area (Å²) in [6, 6.07) is 6.89. The molecule has 2 unspecified atom stereocenters. The zero-order valence-electron chi connectivity index (χ0n) is 11.8. The summed E-state index contributed by atoms with van der Waals surface area (Å²) in [5.41, 5.74) is 1.66. The number of urea groups is 1. The minimum atomic E-state index is -1.03. The van der Waals surface area contributed by atoms with Crippen LogP contribution in [0.1, 0.15) is 18.9 Å². The fourth-order valence-corrected chi connectivity index (χ4v) is 2.14. The fraction of sp³-hybridized carbons (Fsp3) is 0.467. The topological polar surface area (TPSA) is 69.6 Å². The van der Waals surface area contributed by atoms with E-state index in [1.807, 2.05) is 19.1 Å². The van der Waals surface area contributed by atoms with Crippen LogP contribution in [0.5, 0.6) is 0 Å². The Balaban J connectivity index is 2.03. The number of nitrogens with zero attached hydrogens (tertiary/aromatic N) is 1. The number of carbonyl (C=O) groups is 2. The predicted molar refractivity (Wildman–Crippen MR) is 76.8 cm³/mol. The first-order valence-electron chi connectivity index (χ1n) is 6.81. The highest BCUT2D eigenvalue weighted by Gasteiger charge is 2.33. The molecule has 1 aromatic rings. The Bertz CT molecular complexity index is 498. The van der Waals surface area contributed by atoms with E-state index in [-0.39, 0.29) is 12.6 Å². The molecule has 1 fully saturated rings. The molecule has 1 aliphatic rings. The molecule has 0 bridgehead atoms. The number of carbonyl (C=O) groups excluding carboxylic acids is 1. The lowest BCUT2D eigenvalue weighted by Gasteiger charge is -2.21. The zero-order valence-corrected chi connectivity index (χ0v) is 11.8. The minimum absolute atomic E-state index is 0.338. The second kappa shape index (κ2) is 5.94. The number of aliphatic carboxylic acids is 1. The van der Waals surface area contributed by atoms with Crippen molar-refractivity contribution in [3.63, 3.8) is 0 Å². The Hall–Kier alpha value is -2.04. The Labute approximate surface area is 118 Å². The predicted octanol–water partition coefficient (Wildman–Crippen LogP) is 2.25. The van der Waals surface area contributed by atoms with Gasteiger partial charge in [0.05, 0.1) is 0 Å². The number of carboxylic acids is 1. The van der Waals surface area contributed by atoms with Gasteiger partial charge in [0.1, 0.15) is 6.54 Å². The van der Waals surface area contributed by atoms with Crippen molar-refractivity contribution in [3.05, 3.63) is 29.8 Å². The maximum absolute atomic E-state index is 12.2. The highest BCUT2D eigenvalue weighted by Crippen LogP contribution is 2.36. The maximum Gasteiger partial charge on any atom is 0.323 e. The van der Waals surface area contributed by atoms with Gasteiger partial charge in [0.25, 0.3) is 0 Å². The van der Waals surface area contributed by atoms with Crippen molar-refractivity contribution in [2.75, 3.05) is 18.0 Å². The second-order valence-electron chi connectivity index (χ2n) is 5.47. The van der Waals surface area contributed by atoms with Crippen LogP contribution in [0.25, 0.3) is 0 Å². The van der Waals surface area contributed by atoms with Gasteiger partial charge >= 0.3 is 12.0 Å². The van der Waals surface area contributed by atoms with E-state index >= 15 is 0 Å². The van der Waals surface area contributed by atoms with E-state index in [1.54, 1.807) is 12.1 Å². The molecular formula is C15H20N2O3. The van der Waals surface area contributed by atoms with Crippen LogP contribution in [-0.2, 0) is 4.79 Å². The maximum atomic E-state index is 12.2. The molecule has 0 saturated heterocycles. The molecule has 20 heavy (non-hydrogen) atoms. The number of aryl methyl sites for hydroxylation is 1. The lowest BCUT2D eigenvalue weighted by Crippen LogP contribution is -2.43. The first-order valence-corrected chi connectivity index (χ1v) is 6.81. The van der Waals surface area contributed by atoms with E-state index in [4.69, 9.17) is 5.11 Å². The van der Waals surface area contributed by atoms with Gasteiger partial charge in [0.2, 0.25) is 0 Å². The van der Waals surface area contributed by atoms with Gasteiger partial charge < -0.3 is 10.4 Å². The van der Waals surface area contributed by atoms with Crippen molar-refractivity contribution in [1.82, 2.24) is 5.32 Å². The SMILES string of the molecule is Cc1ccc(N(CC(=O)O)C(=O)NCC2CC2C)cc1. The summed E-state index contributed by atoms with van der Waals surface area (Å²) in [5, 5.41) is 11.8. The van der Waals surface area contributed by atoms with E-state index in [0.717, 1.165) is 12.0 Å². The molecule has 1 saturated carbocycles. The van der Waals surface area contributed by atoms with Gasteiger partial charge in [-0.25, -0.2) is 4.79 Å². The third kappa shape index (κ3) is 3.73. The number of rotatable bonds is 5. The van der Waals surface area contributed by atoms with Crippen LogP contribution in [-0.4, -0.2) is 30.2 Å². The lowest BCUT2D eigenvalue weighted by molar-refractivity contribution is -0.135. The quantitative estimate of drug-likeness (QED) is 0.866. The first-order chi connectivity index (χ1) is 9.47. The van der Waals surface area contributed by atoms with Crippen LogP contribution >= 0.6 is 0 Å². The Morgan fingerprint density at radius 3 is 2.45 bits per heavy atom. The van der Waals surface area contributed by atoms with Crippen LogP contribution in [0.3, 0.4) is 0 Å². The summed E-state index contributed by atoms with van der Waals surface area (Å²) in [7, 11) is 0. The van der Waals surface area contributed by atoms with E-state index in [0.29, 0.717) is 24.1 Å². The van der Waals surface area contributed by atoms with Crippen LogP contribution < -0.4 is 10.2 Å². The van der Waals surface area contributed by atoms with Gasteiger partial charge in [0.15, 0.2) is 0 Å². The smallest absolute Gasteiger partial charge is 0.323 e. The van der Waals surface area contributed by atoms with Crippen molar-refractivity contribution in [2.24, 2.45) is 11.8 Å². The first kappa shape index (κ1) is 14.4.